The highest BCUT2D eigenvalue weighted by molar-refractivity contribution is 5.85. The Labute approximate surface area is 140 Å². The lowest BCUT2D eigenvalue weighted by molar-refractivity contribution is -0.138. The molecule has 0 spiro atoms. The maximum Gasteiger partial charge on any atom is 0.246 e. The fraction of sp³-hybridized carbons (Fsp3) is 0.882. The summed E-state index contributed by atoms with van der Waals surface area (Å²) in [6, 6.07) is 0. The highest BCUT2D eigenvalue weighted by atomic mass is 16.5. The Morgan fingerprint density at radius 1 is 1.22 bits per heavy atom. The van der Waals surface area contributed by atoms with E-state index in [2.05, 4.69) is 52.2 Å². The molecule has 0 aromatic rings. The monoisotopic (exact) mass is 327 g/mol. The van der Waals surface area contributed by atoms with Crippen molar-refractivity contribution in [1.82, 2.24) is 15.5 Å². The van der Waals surface area contributed by atoms with Crippen LogP contribution >= 0.6 is 0 Å². The Morgan fingerprint density at radius 2 is 1.87 bits per heavy atom. The maximum absolute atomic E-state index is 12.3. The quantitative estimate of drug-likeness (QED) is 0.816. The predicted octanol–water partition coefficient (Wildman–Crippen LogP) is 1.15. The highest BCUT2D eigenvalue weighted by Crippen LogP contribution is 2.16. The summed E-state index contributed by atoms with van der Waals surface area (Å²) in [6.07, 6.45) is 0.631. The summed E-state index contributed by atoms with van der Waals surface area (Å²) in [7, 11) is 0. The molecule has 1 aliphatic heterocycles. The van der Waals surface area contributed by atoms with Gasteiger partial charge in [-0.25, -0.2) is 0 Å². The molecule has 2 N–H and O–H groups in total. The van der Waals surface area contributed by atoms with Crippen LogP contribution in [0.5, 0.6) is 0 Å². The molecule has 1 saturated heterocycles. The van der Waals surface area contributed by atoms with Gasteiger partial charge in [0.1, 0.15) is 6.61 Å². The molecule has 1 heterocycles. The number of ether oxygens (including phenoxy) is 1. The van der Waals surface area contributed by atoms with Crippen molar-refractivity contribution in [2.45, 2.75) is 59.6 Å². The van der Waals surface area contributed by atoms with Crippen LogP contribution in [0.2, 0.25) is 0 Å². The van der Waals surface area contributed by atoms with Gasteiger partial charge in [0.05, 0.1) is 12.6 Å². The number of nitrogens with one attached hydrogen (secondary N) is 2. The molecule has 0 radical (unpaired) electrons. The van der Waals surface area contributed by atoms with E-state index in [4.69, 9.17) is 4.74 Å². The van der Waals surface area contributed by atoms with Crippen LogP contribution in [0.4, 0.5) is 0 Å². The minimum Gasteiger partial charge on any atom is -0.367 e. The van der Waals surface area contributed by atoms with E-state index >= 15 is 0 Å². The molecule has 0 aromatic heterocycles. The number of amides is 2. The topological polar surface area (TPSA) is 70.7 Å². The molecule has 0 aromatic carbocycles. The molecule has 2 amide bonds. The zero-order chi connectivity index (χ0) is 17.7. The third-order valence-electron chi connectivity index (χ3n) is 3.49. The largest absolute Gasteiger partial charge is 0.367 e. The van der Waals surface area contributed by atoms with Gasteiger partial charge >= 0.3 is 0 Å². The molecule has 6 nitrogen and oxygen atoms in total. The summed E-state index contributed by atoms with van der Waals surface area (Å²) in [6.45, 7) is 14.6. The van der Waals surface area contributed by atoms with Gasteiger partial charge in [0, 0.05) is 25.2 Å². The van der Waals surface area contributed by atoms with Crippen LogP contribution in [-0.4, -0.2) is 61.1 Å². The molecule has 23 heavy (non-hydrogen) atoms. The molecule has 1 aliphatic rings. The summed E-state index contributed by atoms with van der Waals surface area (Å²) < 4.78 is 5.73. The van der Waals surface area contributed by atoms with Gasteiger partial charge in [0.15, 0.2) is 0 Å². The fourth-order valence-corrected chi connectivity index (χ4v) is 2.36. The van der Waals surface area contributed by atoms with Gasteiger partial charge in [-0.3, -0.25) is 9.59 Å². The Kier molecular flexibility index (Phi) is 7.02. The second-order valence-electron chi connectivity index (χ2n) is 8.51. The Bertz CT molecular complexity index is 410. The summed E-state index contributed by atoms with van der Waals surface area (Å²) in [5.41, 5.74) is 0.00561. The lowest BCUT2D eigenvalue weighted by Gasteiger charge is -2.33. The Hall–Kier alpha value is -1.14. The van der Waals surface area contributed by atoms with Crippen LogP contribution in [0.25, 0.3) is 0 Å². The molecule has 1 atom stereocenters. The molecule has 1 fully saturated rings. The van der Waals surface area contributed by atoms with Crippen LogP contribution < -0.4 is 10.6 Å². The first-order valence-corrected chi connectivity index (χ1v) is 8.37. The summed E-state index contributed by atoms with van der Waals surface area (Å²) in [5, 5.41) is 6.04. The molecule has 0 saturated carbocycles. The van der Waals surface area contributed by atoms with Crippen molar-refractivity contribution in [3.05, 3.63) is 0 Å². The van der Waals surface area contributed by atoms with Crippen molar-refractivity contribution in [3.8, 4) is 0 Å². The smallest absolute Gasteiger partial charge is 0.246 e. The van der Waals surface area contributed by atoms with Gasteiger partial charge < -0.3 is 20.3 Å². The summed E-state index contributed by atoms with van der Waals surface area (Å²) >= 11 is 0. The van der Waals surface area contributed by atoms with Crippen molar-refractivity contribution in [1.29, 1.82) is 0 Å². The molecule has 1 unspecified atom stereocenters. The van der Waals surface area contributed by atoms with E-state index in [1.165, 1.54) is 0 Å². The van der Waals surface area contributed by atoms with E-state index in [0.717, 1.165) is 6.42 Å². The average molecular weight is 327 g/mol. The minimum absolute atomic E-state index is 0.00302. The third-order valence-corrected chi connectivity index (χ3v) is 3.49. The number of nitrogens with zero attached hydrogens (tertiary/aromatic N) is 1. The van der Waals surface area contributed by atoms with Crippen LogP contribution in [0.15, 0.2) is 0 Å². The molecular weight excluding hydrogens is 294 g/mol. The number of rotatable bonds is 3. The first-order valence-electron chi connectivity index (χ1n) is 8.37. The van der Waals surface area contributed by atoms with Crippen LogP contribution in [0, 0.1) is 5.41 Å². The van der Waals surface area contributed by atoms with Gasteiger partial charge in [0.2, 0.25) is 11.8 Å². The molecule has 0 aliphatic carbocycles. The number of hydrogen-bond acceptors (Lipinski definition) is 4. The van der Waals surface area contributed by atoms with Crippen LogP contribution in [0.3, 0.4) is 0 Å². The predicted molar refractivity (Wildman–Crippen MR) is 91.2 cm³/mol. The van der Waals surface area contributed by atoms with Crippen LogP contribution in [-0.2, 0) is 14.3 Å². The van der Waals surface area contributed by atoms with E-state index in [9.17, 15) is 9.59 Å². The summed E-state index contributed by atoms with van der Waals surface area (Å²) in [5.74, 6) is -0.269. The molecule has 134 valence electrons. The first kappa shape index (κ1) is 19.9. The minimum atomic E-state index is -0.239. The fourth-order valence-electron chi connectivity index (χ4n) is 2.36. The van der Waals surface area contributed by atoms with Crippen molar-refractivity contribution in [2.24, 2.45) is 5.41 Å². The van der Waals surface area contributed by atoms with Gasteiger partial charge in [-0.1, -0.05) is 20.8 Å². The second-order valence-corrected chi connectivity index (χ2v) is 8.51. The zero-order valence-electron chi connectivity index (χ0n) is 15.5. The highest BCUT2D eigenvalue weighted by Gasteiger charge is 2.25. The van der Waals surface area contributed by atoms with Crippen molar-refractivity contribution in [3.63, 3.8) is 0 Å². The van der Waals surface area contributed by atoms with Crippen LogP contribution in [0.1, 0.15) is 48.0 Å². The van der Waals surface area contributed by atoms with Crippen molar-refractivity contribution >= 4 is 11.8 Å². The van der Waals surface area contributed by atoms with Gasteiger partial charge in [-0.05, 0) is 32.6 Å². The third kappa shape index (κ3) is 8.91. The van der Waals surface area contributed by atoms with E-state index in [1.807, 2.05) is 4.90 Å². The lowest BCUT2D eigenvalue weighted by Crippen LogP contribution is -2.49. The number of carbonyl (C=O) groups excluding carboxylic acids is 2. The Balaban J connectivity index is 2.73. The first-order chi connectivity index (χ1) is 10.5. The average Bonchev–Trinajstić information content (AvgIpc) is 2.39. The van der Waals surface area contributed by atoms with Gasteiger partial charge in [-0.2, -0.15) is 0 Å². The zero-order valence-corrected chi connectivity index (χ0v) is 15.5. The van der Waals surface area contributed by atoms with Gasteiger partial charge in [0.25, 0.3) is 0 Å². The van der Waals surface area contributed by atoms with E-state index < -0.39 is 0 Å². The molecule has 1 rings (SSSR count). The summed E-state index contributed by atoms with van der Waals surface area (Å²) in [4.78, 5) is 25.9. The van der Waals surface area contributed by atoms with Crippen molar-refractivity contribution < 1.29 is 14.3 Å². The number of carbonyl (C=O) groups is 2. The number of hydrogen-bond donors (Lipinski definition) is 2. The standard InChI is InChI=1S/C17H33N3O3/c1-16(2,3)12-20-8-7-13(9-19-17(4,5)6)23-11-14(21)18-10-15(20)22/h13,19H,7-12H2,1-6H3,(H,18,21). The molecular formula is C17H33N3O3. The SMILES string of the molecule is CC(C)(C)CN1CCC(CNC(C)(C)C)OCC(=O)NCC1=O. The van der Waals surface area contributed by atoms with Gasteiger partial charge in [-0.15, -0.1) is 0 Å². The molecule has 6 heteroatoms. The molecule has 0 bridgehead atoms. The lowest BCUT2D eigenvalue weighted by atomic mass is 9.95. The second kappa shape index (κ2) is 8.11. The van der Waals surface area contributed by atoms with E-state index in [-0.39, 0.29) is 42.0 Å². The maximum atomic E-state index is 12.3. The van der Waals surface area contributed by atoms with E-state index in [1.54, 1.807) is 0 Å². The normalized spacial score (nSPS) is 22.0. The van der Waals surface area contributed by atoms with Crippen molar-refractivity contribution in [2.75, 3.05) is 32.8 Å². The Morgan fingerprint density at radius 3 is 2.43 bits per heavy atom. The van der Waals surface area contributed by atoms with E-state index in [0.29, 0.717) is 19.6 Å².